The van der Waals surface area contributed by atoms with E-state index in [1.54, 1.807) is 0 Å². The number of ether oxygens (including phenoxy) is 1. The summed E-state index contributed by atoms with van der Waals surface area (Å²) in [5.41, 5.74) is 2.74. The maximum atomic E-state index is 11.9. The molecule has 2 atom stereocenters. The Bertz CT molecular complexity index is 442. The molecule has 0 spiro atoms. The lowest BCUT2D eigenvalue weighted by molar-refractivity contribution is -0.144. The van der Waals surface area contributed by atoms with Gasteiger partial charge in [-0.05, 0) is 36.3 Å². The number of fused-ring (bicyclic) bond motifs is 1. The summed E-state index contributed by atoms with van der Waals surface area (Å²) in [6.07, 6.45) is 3.39. The van der Waals surface area contributed by atoms with E-state index in [2.05, 4.69) is 29.6 Å². The summed E-state index contributed by atoms with van der Waals surface area (Å²) in [4.78, 5) is 11.9. The zero-order valence-electron chi connectivity index (χ0n) is 12.0. The molecule has 3 heteroatoms. The maximum Gasteiger partial charge on any atom is 0.323 e. The number of carbonyl (C=O) groups is 1. The molecule has 1 N–H and O–H groups in total. The molecule has 1 aromatic carbocycles. The second kappa shape index (κ2) is 6.20. The van der Waals surface area contributed by atoms with Crippen LogP contribution in [0, 0.1) is 5.92 Å². The normalized spacial score (nSPS) is 19.9. The van der Waals surface area contributed by atoms with Crippen molar-refractivity contribution in [3.05, 3.63) is 35.4 Å². The first kappa shape index (κ1) is 14.1. The standard InChI is InChI=1S/C16H23NO2/c1-11(2)15(16(18)19-3)17-14-10-6-8-12-7-4-5-9-13(12)14/h4-5,7,9,11,14-15,17H,6,8,10H2,1-3H3. The molecule has 2 unspecified atom stereocenters. The van der Waals surface area contributed by atoms with Crippen LogP contribution in [0.3, 0.4) is 0 Å². The van der Waals surface area contributed by atoms with Crippen molar-refractivity contribution in [2.24, 2.45) is 5.92 Å². The summed E-state index contributed by atoms with van der Waals surface area (Å²) >= 11 is 0. The van der Waals surface area contributed by atoms with Crippen molar-refractivity contribution in [1.82, 2.24) is 5.32 Å². The Morgan fingerprint density at radius 3 is 2.79 bits per heavy atom. The second-order valence-corrected chi connectivity index (χ2v) is 5.56. The lowest BCUT2D eigenvalue weighted by Crippen LogP contribution is -2.44. The zero-order valence-corrected chi connectivity index (χ0v) is 12.0. The van der Waals surface area contributed by atoms with E-state index in [9.17, 15) is 4.79 Å². The summed E-state index contributed by atoms with van der Waals surface area (Å²) in [6, 6.07) is 8.53. The SMILES string of the molecule is COC(=O)C(NC1CCCc2ccccc21)C(C)C. The first-order chi connectivity index (χ1) is 9.13. The minimum absolute atomic E-state index is 0.168. The third kappa shape index (κ3) is 3.16. The van der Waals surface area contributed by atoms with Gasteiger partial charge in [-0.25, -0.2) is 0 Å². The van der Waals surface area contributed by atoms with E-state index in [4.69, 9.17) is 4.74 Å². The lowest BCUT2D eigenvalue weighted by atomic mass is 9.86. The number of hydrogen-bond acceptors (Lipinski definition) is 3. The summed E-state index contributed by atoms with van der Waals surface area (Å²) in [5, 5.41) is 3.49. The van der Waals surface area contributed by atoms with E-state index in [-0.39, 0.29) is 24.0 Å². The fourth-order valence-corrected chi connectivity index (χ4v) is 2.80. The molecule has 3 nitrogen and oxygen atoms in total. The Kier molecular flexibility index (Phi) is 4.59. The number of benzene rings is 1. The third-order valence-corrected chi connectivity index (χ3v) is 3.87. The molecule has 0 bridgehead atoms. The highest BCUT2D eigenvalue weighted by Gasteiger charge is 2.28. The monoisotopic (exact) mass is 261 g/mol. The van der Waals surface area contributed by atoms with Crippen LogP contribution in [0.1, 0.15) is 43.9 Å². The molecule has 0 aromatic heterocycles. The van der Waals surface area contributed by atoms with E-state index < -0.39 is 0 Å². The van der Waals surface area contributed by atoms with Crippen LogP contribution in [0.4, 0.5) is 0 Å². The van der Waals surface area contributed by atoms with E-state index in [1.807, 2.05) is 13.8 Å². The molecule has 0 saturated heterocycles. The van der Waals surface area contributed by atoms with Crippen LogP contribution >= 0.6 is 0 Å². The van der Waals surface area contributed by atoms with Gasteiger partial charge in [-0.1, -0.05) is 38.1 Å². The fourth-order valence-electron chi connectivity index (χ4n) is 2.80. The predicted molar refractivity (Wildman–Crippen MR) is 75.9 cm³/mol. The van der Waals surface area contributed by atoms with E-state index >= 15 is 0 Å². The molecule has 1 aromatic rings. The molecule has 1 aliphatic rings. The van der Waals surface area contributed by atoms with Gasteiger partial charge in [0.25, 0.3) is 0 Å². The highest BCUT2D eigenvalue weighted by molar-refractivity contribution is 5.76. The summed E-state index contributed by atoms with van der Waals surface area (Å²) in [7, 11) is 1.45. The largest absolute Gasteiger partial charge is 0.468 e. The molecule has 0 fully saturated rings. The average molecular weight is 261 g/mol. The van der Waals surface area contributed by atoms with Gasteiger partial charge >= 0.3 is 5.97 Å². The van der Waals surface area contributed by atoms with Crippen molar-refractivity contribution in [2.75, 3.05) is 7.11 Å². The molecule has 0 heterocycles. The molecule has 0 amide bonds. The third-order valence-electron chi connectivity index (χ3n) is 3.87. The van der Waals surface area contributed by atoms with Crippen molar-refractivity contribution in [3.8, 4) is 0 Å². The van der Waals surface area contributed by atoms with Crippen LogP contribution in [0.25, 0.3) is 0 Å². The number of rotatable bonds is 4. The lowest BCUT2D eigenvalue weighted by Gasteiger charge is -2.31. The number of nitrogens with one attached hydrogen (secondary N) is 1. The van der Waals surface area contributed by atoms with Crippen LogP contribution in [-0.2, 0) is 16.0 Å². The van der Waals surface area contributed by atoms with Crippen LogP contribution < -0.4 is 5.32 Å². The number of methoxy groups -OCH3 is 1. The summed E-state index contributed by atoms with van der Waals surface area (Å²) < 4.78 is 4.90. The zero-order chi connectivity index (χ0) is 13.8. The van der Waals surface area contributed by atoms with Crippen LogP contribution in [0.2, 0.25) is 0 Å². The number of esters is 1. The highest BCUT2D eigenvalue weighted by atomic mass is 16.5. The van der Waals surface area contributed by atoms with Gasteiger partial charge in [0.05, 0.1) is 7.11 Å². The molecule has 0 radical (unpaired) electrons. The van der Waals surface area contributed by atoms with Crippen LogP contribution in [0.15, 0.2) is 24.3 Å². The van der Waals surface area contributed by atoms with Crippen molar-refractivity contribution < 1.29 is 9.53 Å². The maximum absolute atomic E-state index is 11.9. The van der Waals surface area contributed by atoms with Gasteiger partial charge in [-0.15, -0.1) is 0 Å². The van der Waals surface area contributed by atoms with Gasteiger partial charge in [0.15, 0.2) is 0 Å². The Morgan fingerprint density at radius 1 is 1.37 bits per heavy atom. The van der Waals surface area contributed by atoms with Crippen LogP contribution in [0.5, 0.6) is 0 Å². The molecule has 0 aliphatic heterocycles. The molecule has 2 rings (SSSR count). The molecule has 19 heavy (non-hydrogen) atoms. The fraction of sp³-hybridized carbons (Fsp3) is 0.562. The first-order valence-corrected chi connectivity index (χ1v) is 7.05. The van der Waals surface area contributed by atoms with Crippen molar-refractivity contribution >= 4 is 5.97 Å². The molecular formula is C16H23NO2. The smallest absolute Gasteiger partial charge is 0.323 e. The topological polar surface area (TPSA) is 38.3 Å². The quantitative estimate of drug-likeness (QED) is 0.847. The molecule has 104 valence electrons. The van der Waals surface area contributed by atoms with Gasteiger partial charge < -0.3 is 4.74 Å². The number of hydrogen-bond donors (Lipinski definition) is 1. The molecule has 1 aliphatic carbocycles. The summed E-state index contributed by atoms with van der Waals surface area (Å²) in [5.74, 6) is 0.0552. The second-order valence-electron chi connectivity index (χ2n) is 5.56. The first-order valence-electron chi connectivity index (χ1n) is 7.05. The van der Waals surface area contributed by atoms with E-state index in [1.165, 1.54) is 24.7 Å². The molecule has 0 saturated carbocycles. The van der Waals surface area contributed by atoms with Gasteiger partial charge in [-0.2, -0.15) is 0 Å². The van der Waals surface area contributed by atoms with Crippen molar-refractivity contribution in [1.29, 1.82) is 0 Å². The number of aryl methyl sites for hydroxylation is 1. The predicted octanol–water partition coefficient (Wildman–Crippen LogP) is 2.85. The van der Waals surface area contributed by atoms with Gasteiger partial charge in [-0.3, -0.25) is 10.1 Å². The van der Waals surface area contributed by atoms with Crippen LogP contribution in [-0.4, -0.2) is 19.1 Å². The average Bonchev–Trinajstić information content (AvgIpc) is 2.43. The Morgan fingerprint density at radius 2 is 2.11 bits per heavy atom. The van der Waals surface area contributed by atoms with Gasteiger partial charge in [0, 0.05) is 6.04 Å². The number of carbonyl (C=O) groups excluding carboxylic acids is 1. The minimum atomic E-state index is -0.235. The molecular weight excluding hydrogens is 238 g/mol. The summed E-state index contributed by atoms with van der Waals surface area (Å²) in [6.45, 7) is 4.09. The van der Waals surface area contributed by atoms with E-state index in [0.29, 0.717) is 0 Å². The van der Waals surface area contributed by atoms with Crippen molar-refractivity contribution in [2.45, 2.75) is 45.2 Å². The minimum Gasteiger partial charge on any atom is -0.468 e. The Labute approximate surface area is 115 Å². The van der Waals surface area contributed by atoms with Gasteiger partial charge in [0.2, 0.25) is 0 Å². The van der Waals surface area contributed by atoms with Crippen molar-refractivity contribution in [3.63, 3.8) is 0 Å². The Balaban J connectivity index is 2.17. The van der Waals surface area contributed by atoms with Gasteiger partial charge in [0.1, 0.15) is 6.04 Å². The van der Waals surface area contributed by atoms with E-state index in [0.717, 1.165) is 12.8 Å². The Hall–Kier alpha value is -1.35. The highest BCUT2D eigenvalue weighted by Crippen LogP contribution is 2.30.